The molecule has 1 aromatic carbocycles. The molecule has 2 rings (SSSR count). The summed E-state index contributed by atoms with van der Waals surface area (Å²) in [6.07, 6.45) is 0. The van der Waals surface area contributed by atoms with Crippen molar-refractivity contribution in [2.75, 3.05) is 19.7 Å². The Morgan fingerprint density at radius 2 is 1.89 bits per heavy atom. The van der Waals surface area contributed by atoms with Gasteiger partial charge in [-0.25, -0.2) is 0 Å². The number of rotatable bonds is 5. The molecular weight excluding hydrogens is 236 g/mol. The molecule has 0 fully saturated rings. The highest BCUT2D eigenvalue weighted by molar-refractivity contribution is 5.82. The highest BCUT2D eigenvalue weighted by atomic mass is 16.3. The van der Waals surface area contributed by atoms with Crippen molar-refractivity contribution < 1.29 is 5.11 Å². The Morgan fingerprint density at radius 3 is 2.53 bits per heavy atom. The number of para-hydroxylation sites is 1. The molecule has 0 aliphatic heterocycles. The number of aliphatic hydroxyl groups is 1. The Kier molecular flexibility index (Phi) is 4.51. The molecule has 3 heteroatoms. The molecule has 0 spiro atoms. The van der Waals surface area contributed by atoms with Gasteiger partial charge in [-0.05, 0) is 31.6 Å². The fourth-order valence-corrected chi connectivity index (χ4v) is 2.61. The normalized spacial score (nSPS) is 13.1. The van der Waals surface area contributed by atoms with Gasteiger partial charge in [-0.3, -0.25) is 9.88 Å². The van der Waals surface area contributed by atoms with Gasteiger partial charge in [0.05, 0.1) is 18.2 Å². The third kappa shape index (κ3) is 2.77. The van der Waals surface area contributed by atoms with Crippen molar-refractivity contribution in [3.05, 3.63) is 41.6 Å². The first-order valence-electron chi connectivity index (χ1n) is 6.92. The summed E-state index contributed by atoms with van der Waals surface area (Å²) in [6.45, 7) is 8.21. The second-order valence-corrected chi connectivity index (χ2v) is 4.79. The van der Waals surface area contributed by atoms with E-state index in [-0.39, 0.29) is 12.6 Å². The lowest BCUT2D eigenvalue weighted by molar-refractivity contribution is 0.134. The van der Waals surface area contributed by atoms with Gasteiger partial charge in [-0.2, -0.15) is 0 Å². The zero-order valence-corrected chi connectivity index (χ0v) is 11.9. The molecular formula is C16H22N2O. The van der Waals surface area contributed by atoms with Gasteiger partial charge in [0.1, 0.15) is 0 Å². The standard InChI is InChI=1S/C16H22N2O/c1-4-18(5-2)15(11-19)14-8-6-7-13-10-9-12(3)17-16(13)14/h6-10,15,19H,4-5,11H2,1-3H3. The van der Waals surface area contributed by atoms with E-state index in [4.69, 9.17) is 0 Å². The van der Waals surface area contributed by atoms with E-state index in [1.165, 1.54) is 0 Å². The van der Waals surface area contributed by atoms with Gasteiger partial charge in [-0.1, -0.05) is 38.1 Å². The van der Waals surface area contributed by atoms with Gasteiger partial charge >= 0.3 is 0 Å². The number of likely N-dealkylation sites (N-methyl/N-ethyl adjacent to an activating group) is 1. The predicted octanol–water partition coefficient (Wildman–Crippen LogP) is 2.92. The van der Waals surface area contributed by atoms with Crippen LogP contribution in [0.15, 0.2) is 30.3 Å². The van der Waals surface area contributed by atoms with E-state index in [0.717, 1.165) is 35.2 Å². The first-order valence-corrected chi connectivity index (χ1v) is 6.92. The van der Waals surface area contributed by atoms with E-state index in [9.17, 15) is 5.11 Å². The van der Waals surface area contributed by atoms with Crippen LogP contribution in [0.2, 0.25) is 0 Å². The summed E-state index contributed by atoms with van der Waals surface area (Å²) in [5.74, 6) is 0. The minimum atomic E-state index is 0.0213. The number of pyridine rings is 1. The van der Waals surface area contributed by atoms with Crippen LogP contribution in [-0.2, 0) is 0 Å². The summed E-state index contributed by atoms with van der Waals surface area (Å²) >= 11 is 0. The lowest BCUT2D eigenvalue weighted by atomic mass is 10.0. The Labute approximate surface area is 114 Å². The van der Waals surface area contributed by atoms with Crippen LogP contribution >= 0.6 is 0 Å². The Morgan fingerprint density at radius 1 is 1.16 bits per heavy atom. The summed E-state index contributed by atoms with van der Waals surface area (Å²) in [5, 5.41) is 10.9. The third-order valence-corrected chi connectivity index (χ3v) is 3.68. The van der Waals surface area contributed by atoms with Crippen molar-refractivity contribution in [3.63, 3.8) is 0 Å². The molecule has 1 aromatic heterocycles. The first kappa shape index (κ1) is 14.0. The molecule has 0 bridgehead atoms. The smallest absolute Gasteiger partial charge is 0.0753 e. The zero-order valence-electron chi connectivity index (χ0n) is 11.9. The lowest BCUT2D eigenvalue weighted by Gasteiger charge is -2.29. The van der Waals surface area contributed by atoms with Gasteiger partial charge in [0, 0.05) is 11.1 Å². The third-order valence-electron chi connectivity index (χ3n) is 3.68. The predicted molar refractivity (Wildman–Crippen MR) is 79.2 cm³/mol. The fourth-order valence-electron chi connectivity index (χ4n) is 2.61. The number of aliphatic hydroxyl groups excluding tert-OH is 1. The summed E-state index contributed by atoms with van der Waals surface area (Å²) in [7, 11) is 0. The Balaban J connectivity index is 2.56. The van der Waals surface area contributed by atoms with E-state index in [0.29, 0.717) is 0 Å². The number of fused-ring (bicyclic) bond motifs is 1. The van der Waals surface area contributed by atoms with Crippen molar-refractivity contribution in [1.82, 2.24) is 9.88 Å². The molecule has 0 aliphatic rings. The minimum absolute atomic E-state index is 0.0213. The number of hydrogen-bond acceptors (Lipinski definition) is 3. The summed E-state index contributed by atoms with van der Waals surface area (Å²) in [5.41, 5.74) is 3.14. The molecule has 0 aliphatic carbocycles. The summed E-state index contributed by atoms with van der Waals surface area (Å²) in [4.78, 5) is 6.92. The largest absolute Gasteiger partial charge is 0.394 e. The van der Waals surface area contributed by atoms with Gasteiger partial charge in [-0.15, -0.1) is 0 Å². The number of benzene rings is 1. The van der Waals surface area contributed by atoms with Crippen LogP contribution in [0.4, 0.5) is 0 Å². The number of aryl methyl sites for hydroxylation is 1. The molecule has 102 valence electrons. The van der Waals surface area contributed by atoms with E-state index in [1.54, 1.807) is 0 Å². The molecule has 1 atom stereocenters. The van der Waals surface area contributed by atoms with Crippen molar-refractivity contribution in [2.45, 2.75) is 26.8 Å². The molecule has 0 radical (unpaired) electrons. The molecule has 0 saturated heterocycles. The number of nitrogens with zero attached hydrogens (tertiary/aromatic N) is 2. The summed E-state index contributed by atoms with van der Waals surface area (Å²) < 4.78 is 0. The maximum Gasteiger partial charge on any atom is 0.0753 e. The summed E-state index contributed by atoms with van der Waals surface area (Å²) in [6, 6.07) is 10.3. The second-order valence-electron chi connectivity index (χ2n) is 4.79. The van der Waals surface area contributed by atoms with Crippen molar-refractivity contribution in [1.29, 1.82) is 0 Å². The van der Waals surface area contributed by atoms with Crippen LogP contribution in [0.1, 0.15) is 31.1 Å². The molecule has 0 amide bonds. The van der Waals surface area contributed by atoms with E-state index >= 15 is 0 Å². The SMILES string of the molecule is CCN(CC)C(CO)c1cccc2ccc(C)nc12. The van der Waals surface area contributed by atoms with Crippen molar-refractivity contribution in [3.8, 4) is 0 Å². The van der Waals surface area contributed by atoms with Gasteiger partial charge in [0.25, 0.3) is 0 Å². The molecule has 1 unspecified atom stereocenters. The maximum absolute atomic E-state index is 9.77. The minimum Gasteiger partial charge on any atom is -0.394 e. The Hall–Kier alpha value is -1.45. The topological polar surface area (TPSA) is 36.4 Å². The van der Waals surface area contributed by atoms with Crippen molar-refractivity contribution in [2.24, 2.45) is 0 Å². The molecule has 1 heterocycles. The number of hydrogen-bond donors (Lipinski definition) is 1. The molecule has 0 saturated carbocycles. The van der Waals surface area contributed by atoms with Crippen molar-refractivity contribution >= 4 is 10.9 Å². The zero-order chi connectivity index (χ0) is 13.8. The maximum atomic E-state index is 9.77. The fraction of sp³-hybridized carbons (Fsp3) is 0.438. The Bertz CT molecular complexity index is 549. The lowest BCUT2D eigenvalue weighted by Crippen LogP contribution is -2.31. The molecule has 19 heavy (non-hydrogen) atoms. The van der Waals surface area contributed by atoms with E-state index in [2.05, 4.69) is 41.9 Å². The highest BCUT2D eigenvalue weighted by Crippen LogP contribution is 2.27. The van der Waals surface area contributed by atoms with Crippen LogP contribution in [0, 0.1) is 6.92 Å². The molecule has 3 nitrogen and oxygen atoms in total. The van der Waals surface area contributed by atoms with Crippen LogP contribution in [0.5, 0.6) is 0 Å². The van der Waals surface area contributed by atoms with Crippen LogP contribution in [0.3, 0.4) is 0 Å². The van der Waals surface area contributed by atoms with Crippen LogP contribution in [0.25, 0.3) is 10.9 Å². The molecule has 1 N–H and O–H groups in total. The highest BCUT2D eigenvalue weighted by Gasteiger charge is 2.19. The van der Waals surface area contributed by atoms with Crippen LogP contribution in [-0.4, -0.2) is 34.7 Å². The van der Waals surface area contributed by atoms with Gasteiger partial charge in [0.15, 0.2) is 0 Å². The average molecular weight is 258 g/mol. The molecule has 2 aromatic rings. The van der Waals surface area contributed by atoms with Gasteiger partial charge < -0.3 is 5.11 Å². The quantitative estimate of drug-likeness (QED) is 0.896. The van der Waals surface area contributed by atoms with Gasteiger partial charge in [0.2, 0.25) is 0 Å². The number of aromatic nitrogens is 1. The average Bonchev–Trinajstić information content (AvgIpc) is 2.44. The van der Waals surface area contributed by atoms with E-state index < -0.39 is 0 Å². The van der Waals surface area contributed by atoms with E-state index in [1.807, 2.05) is 19.1 Å². The first-order chi connectivity index (χ1) is 9.21. The monoisotopic (exact) mass is 258 g/mol. The second kappa shape index (κ2) is 6.13. The van der Waals surface area contributed by atoms with Crippen LogP contribution < -0.4 is 0 Å².